The van der Waals surface area contributed by atoms with Gasteiger partial charge in [0.05, 0.1) is 0 Å². The quantitative estimate of drug-likeness (QED) is 0.374. The first-order valence-electron chi connectivity index (χ1n) is 11.5. The number of hydrogen-bond acceptors (Lipinski definition) is 2. The molecule has 0 radical (unpaired) electrons. The molecule has 0 aliphatic rings. The molecule has 0 atom stereocenters. The molecule has 0 fully saturated rings. The van der Waals surface area contributed by atoms with Crippen molar-refractivity contribution in [3.05, 3.63) is 108 Å². The number of carbonyl (C=O) groups is 1. The van der Waals surface area contributed by atoms with Crippen molar-refractivity contribution in [3.63, 3.8) is 0 Å². The highest BCUT2D eigenvalue weighted by Crippen LogP contribution is 2.20. The summed E-state index contributed by atoms with van der Waals surface area (Å²) in [6, 6.07) is 28.5. The van der Waals surface area contributed by atoms with Crippen molar-refractivity contribution in [2.45, 2.75) is 40.7 Å². The van der Waals surface area contributed by atoms with Crippen molar-refractivity contribution in [2.24, 2.45) is 20.4 Å². The predicted octanol–water partition coefficient (Wildman–Crippen LogP) is 6.16. The van der Waals surface area contributed by atoms with E-state index in [2.05, 4.69) is 26.1 Å². The van der Waals surface area contributed by atoms with E-state index in [4.69, 9.17) is 15.0 Å². The number of aliphatic imine (C=N–C) groups is 3. The second-order valence-corrected chi connectivity index (χ2v) is 9.24. The zero-order valence-corrected chi connectivity index (χ0v) is 20.5. The van der Waals surface area contributed by atoms with Gasteiger partial charge < -0.3 is 5.32 Å². The molecule has 0 aliphatic heterocycles. The van der Waals surface area contributed by atoms with Gasteiger partial charge in [-0.05, 0) is 26.0 Å². The molecule has 5 heteroatoms. The second-order valence-electron chi connectivity index (χ2n) is 9.24. The van der Waals surface area contributed by atoms with Crippen molar-refractivity contribution in [1.29, 1.82) is 0 Å². The van der Waals surface area contributed by atoms with Crippen LogP contribution in [-0.4, -0.2) is 29.5 Å². The van der Waals surface area contributed by atoms with Crippen LogP contribution in [-0.2, 0) is 0 Å². The van der Waals surface area contributed by atoms with E-state index < -0.39 is 0 Å². The lowest BCUT2D eigenvalue weighted by Crippen LogP contribution is -2.32. The largest absolute Gasteiger partial charge is 0.306 e. The van der Waals surface area contributed by atoms with Crippen LogP contribution in [0.3, 0.4) is 0 Å². The minimum Gasteiger partial charge on any atom is -0.306 e. The average molecular weight is 453 g/mol. The van der Waals surface area contributed by atoms with Gasteiger partial charge >= 0.3 is 0 Å². The Morgan fingerprint density at radius 2 is 1.18 bits per heavy atom. The fourth-order valence-corrected chi connectivity index (χ4v) is 3.11. The fourth-order valence-electron chi connectivity index (χ4n) is 3.11. The third-order valence-electron chi connectivity index (χ3n) is 4.83. The first-order chi connectivity index (χ1) is 16.2. The van der Waals surface area contributed by atoms with E-state index in [0.29, 0.717) is 23.1 Å². The van der Waals surface area contributed by atoms with Gasteiger partial charge in [-0.2, -0.15) is 0 Å². The molecule has 34 heavy (non-hydrogen) atoms. The molecule has 174 valence electrons. The van der Waals surface area contributed by atoms with E-state index >= 15 is 0 Å². The third kappa shape index (κ3) is 7.07. The topological polar surface area (TPSA) is 66.2 Å². The maximum Gasteiger partial charge on any atom is 0.256 e. The molecule has 0 saturated heterocycles. The molecule has 3 aromatic carbocycles. The summed E-state index contributed by atoms with van der Waals surface area (Å²) in [4.78, 5) is 27.6. The number of amides is 1. The van der Waals surface area contributed by atoms with Crippen LogP contribution in [0, 0.1) is 5.41 Å². The summed E-state index contributed by atoms with van der Waals surface area (Å²) in [6.07, 6.45) is 0. The summed E-state index contributed by atoms with van der Waals surface area (Å²) in [5, 5.41) is 2.99. The summed E-state index contributed by atoms with van der Waals surface area (Å²) >= 11 is 0. The Bertz CT molecular complexity index is 1170. The molecule has 3 aromatic rings. The minimum absolute atomic E-state index is 0.0883. The summed E-state index contributed by atoms with van der Waals surface area (Å²) < 4.78 is 0. The van der Waals surface area contributed by atoms with Gasteiger partial charge in [-0.1, -0.05) is 99.6 Å². The van der Waals surface area contributed by atoms with E-state index in [-0.39, 0.29) is 17.4 Å². The normalized spacial score (nSPS) is 13.2. The Hall–Kier alpha value is -3.86. The van der Waals surface area contributed by atoms with E-state index in [1.165, 1.54) is 0 Å². The Kier molecular flexibility index (Phi) is 8.25. The van der Waals surface area contributed by atoms with Gasteiger partial charge in [0.1, 0.15) is 11.7 Å². The molecule has 3 rings (SSSR count). The number of nitrogens with zero attached hydrogens (tertiary/aromatic N) is 3. The molecule has 0 heterocycles. The molecule has 0 aromatic heterocycles. The second kappa shape index (κ2) is 11.3. The van der Waals surface area contributed by atoms with Gasteiger partial charge in [-0.25, -0.2) is 9.98 Å². The van der Waals surface area contributed by atoms with Crippen LogP contribution in [0.1, 0.15) is 56.1 Å². The Morgan fingerprint density at radius 3 is 1.65 bits per heavy atom. The zero-order chi connectivity index (χ0) is 24.6. The van der Waals surface area contributed by atoms with Crippen LogP contribution in [0.4, 0.5) is 0 Å². The first kappa shape index (κ1) is 24.8. The van der Waals surface area contributed by atoms with Crippen molar-refractivity contribution >= 4 is 23.4 Å². The van der Waals surface area contributed by atoms with Crippen molar-refractivity contribution in [2.75, 3.05) is 0 Å². The van der Waals surface area contributed by atoms with Crippen LogP contribution in [0.2, 0.25) is 0 Å². The SMILES string of the molecule is CC(C)N=C(N=C(N=C(NC(=O)c1ccccc1)c1ccccc1)c1ccccc1)C(C)(C)C. The number of nitrogens with one attached hydrogen (secondary N) is 1. The van der Waals surface area contributed by atoms with E-state index in [0.717, 1.165) is 11.1 Å². The lowest BCUT2D eigenvalue weighted by Gasteiger charge is -2.20. The maximum absolute atomic E-state index is 13.0. The first-order valence-corrected chi connectivity index (χ1v) is 11.5. The van der Waals surface area contributed by atoms with Crippen LogP contribution >= 0.6 is 0 Å². The molecule has 0 spiro atoms. The van der Waals surface area contributed by atoms with E-state index in [1.807, 2.05) is 92.7 Å². The molecular weight excluding hydrogens is 420 g/mol. The van der Waals surface area contributed by atoms with Gasteiger partial charge in [0.2, 0.25) is 0 Å². The number of benzene rings is 3. The summed E-state index contributed by atoms with van der Waals surface area (Å²) in [7, 11) is 0. The molecule has 0 unspecified atom stereocenters. The predicted molar refractivity (Wildman–Crippen MR) is 142 cm³/mol. The van der Waals surface area contributed by atoms with Crippen LogP contribution in [0.25, 0.3) is 0 Å². The molecule has 0 saturated carbocycles. The molecule has 0 bridgehead atoms. The van der Waals surface area contributed by atoms with Crippen LogP contribution < -0.4 is 5.32 Å². The summed E-state index contributed by atoms with van der Waals surface area (Å²) in [5.74, 6) is 1.38. The number of rotatable bonds is 4. The van der Waals surface area contributed by atoms with Crippen LogP contribution in [0.5, 0.6) is 0 Å². The zero-order valence-electron chi connectivity index (χ0n) is 20.5. The molecule has 1 amide bonds. The Labute approximate surface area is 202 Å². The Balaban J connectivity index is 2.17. The molecular formula is C29H32N4O. The molecule has 1 N–H and O–H groups in total. The molecule has 5 nitrogen and oxygen atoms in total. The van der Waals surface area contributed by atoms with Gasteiger partial charge in [-0.3, -0.25) is 9.79 Å². The fraction of sp³-hybridized carbons (Fsp3) is 0.241. The minimum atomic E-state index is -0.278. The lowest BCUT2D eigenvalue weighted by molar-refractivity contribution is 0.0977. The summed E-state index contributed by atoms with van der Waals surface area (Å²) in [5.41, 5.74) is 1.90. The highest BCUT2D eigenvalue weighted by molar-refractivity contribution is 6.19. The highest BCUT2D eigenvalue weighted by Gasteiger charge is 2.21. The standard InChI is InChI=1S/C29H32N4O/c1-21(2)30-28(29(3,4)5)33-26(23-17-11-7-12-18-23)31-25(22-15-9-6-10-16-22)32-27(34)24-19-13-8-14-20-24/h6-21H,1-5H3,(H,30,31,32,33,34). The third-order valence-corrected chi connectivity index (χ3v) is 4.83. The van der Waals surface area contributed by atoms with Crippen molar-refractivity contribution < 1.29 is 4.79 Å². The number of hydrogen-bond donors (Lipinski definition) is 1. The van der Waals surface area contributed by atoms with Gasteiger partial charge in [-0.15, -0.1) is 0 Å². The Morgan fingerprint density at radius 1 is 0.706 bits per heavy atom. The lowest BCUT2D eigenvalue weighted by atomic mass is 9.95. The van der Waals surface area contributed by atoms with Crippen LogP contribution in [0.15, 0.2) is 106 Å². The average Bonchev–Trinajstić information content (AvgIpc) is 2.83. The van der Waals surface area contributed by atoms with Crippen molar-refractivity contribution in [3.8, 4) is 0 Å². The van der Waals surface area contributed by atoms with E-state index in [9.17, 15) is 4.79 Å². The highest BCUT2D eigenvalue weighted by atomic mass is 16.1. The van der Waals surface area contributed by atoms with E-state index in [1.54, 1.807) is 12.1 Å². The van der Waals surface area contributed by atoms with Crippen molar-refractivity contribution in [1.82, 2.24) is 5.32 Å². The van der Waals surface area contributed by atoms with Gasteiger partial charge in [0, 0.05) is 28.1 Å². The van der Waals surface area contributed by atoms with Gasteiger partial charge in [0.25, 0.3) is 5.91 Å². The number of amidine groups is 3. The smallest absolute Gasteiger partial charge is 0.256 e. The summed E-state index contributed by atoms with van der Waals surface area (Å²) in [6.45, 7) is 10.3. The van der Waals surface area contributed by atoms with Gasteiger partial charge in [0.15, 0.2) is 5.84 Å². The number of carbonyl (C=O) groups excluding carboxylic acids is 1. The molecule has 0 aliphatic carbocycles. The maximum atomic E-state index is 13.0. The monoisotopic (exact) mass is 452 g/mol.